The van der Waals surface area contributed by atoms with E-state index in [4.69, 9.17) is 0 Å². The van der Waals surface area contributed by atoms with Gasteiger partial charge in [-0.25, -0.2) is 0 Å². The van der Waals surface area contributed by atoms with Gasteiger partial charge in [-0.2, -0.15) is 0 Å². The molecule has 0 fully saturated rings. The van der Waals surface area contributed by atoms with Crippen molar-refractivity contribution in [3.63, 3.8) is 0 Å². The second-order valence-corrected chi connectivity index (χ2v) is 1.76. The first kappa shape index (κ1) is 9.74. The minimum atomic E-state index is 0. The van der Waals surface area contributed by atoms with Gasteiger partial charge >= 0.3 is 29.6 Å². The summed E-state index contributed by atoms with van der Waals surface area (Å²) in [6.07, 6.45) is 1.85. The molecule has 0 N–H and O–H groups in total. The van der Waals surface area contributed by atoms with Gasteiger partial charge in [-0.15, -0.1) is 5.73 Å². The molecule has 0 aliphatic rings. The van der Waals surface area contributed by atoms with Crippen LogP contribution in [0.4, 0.5) is 0 Å². The van der Waals surface area contributed by atoms with E-state index in [1.54, 1.807) is 0 Å². The molecule has 0 nitrogen and oxygen atoms in total. The first-order valence-corrected chi connectivity index (χ1v) is 2.84. The van der Waals surface area contributed by atoms with Crippen LogP contribution in [0.1, 0.15) is 5.56 Å². The Morgan fingerprint density at radius 3 is 2.30 bits per heavy atom. The summed E-state index contributed by atoms with van der Waals surface area (Å²) in [5.41, 5.74) is 3.85. The third-order valence-corrected chi connectivity index (χ3v) is 1.07. The monoisotopic (exact) mass is 140 g/mol. The van der Waals surface area contributed by atoms with Gasteiger partial charge in [0.15, 0.2) is 0 Å². The molecule has 0 atom stereocenters. The van der Waals surface area contributed by atoms with Crippen LogP contribution < -0.4 is 0 Å². The van der Waals surface area contributed by atoms with Crippen molar-refractivity contribution in [3.05, 3.63) is 48.2 Å². The van der Waals surface area contributed by atoms with Crippen LogP contribution in [0.25, 0.3) is 6.08 Å². The Labute approximate surface area is 83.6 Å². The van der Waals surface area contributed by atoms with Crippen molar-refractivity contribution < 1.29 is 0 Å². The summed E-state index contributed by atoms with van der Waals surface area (Å²) in [7, 11) is 0. The van der Waals surface area contributed by atoms with Crippen molar-refractivity contribution in [2.24, 2.45) is 0 Å². The third kappa shape index (κ3) is 3.05. The molecule has 0 radical (unpaired) electrons. The maximum absolute atomic E-state index is 3.48. The van der Waals surface area contributed by atoms with Gasteiger partial charge in [0, 0.05) is 0 Å². The Bertz CT molecular complexity index is 220. The number of hydrogen-bond donors (Lipinski definition) is 0. The first-order chi connectivity index (χ1) is 4.43. The molecule has 0 saturated heterocycles. The summed E-state index contributed by atoms with van der Waals surface area (Å²) in [4.78, 5) is 0. The summed E-state index contributed by atoms with van der Waals surface area (Å²) in [6, 6.07) is 9.99. The van der Waals surface area contributed by atoms with Gasteiger partial charge in [0.1, 0.15) is 0 Å². The molecule has 0 amide bonds. The summed E-state index contributed by atoms with van der Waals surface area (Å²) < 4.78 is 0. The zero-order chi connectivity index (χ0) is 6.53. The molecule has 0 heterocycles. The van der Waals surface area contributed by atoms with Gasteiger partial charge in [0.2, 0.25) is 0 Å². The molecule has 0 unspecified atom stereocenters. The van der Waals surface area contributed by atoms with E-state index in [0.717, 1.165) is 5.56 Å². The third-order valence-electron chi connectivity index (χ3n) is 1.07. The molecular formula is C9H9Na. The number of rotatable bonds is 1. The van der Waals surface area contributed by atoms with Gasteiger partial charge < -0.3 is 0 Å². The Morgan fingerprint density at radius 1 is 1.20 bits per heavy atom. The van der Waals surface area contributed by atoms with E-state index in [2.05, 4.69) is 12.3 Å². The van der Waals surface area contributed by atoms with E-state index in [1.165, 1.54) is 0 Å². The Morgan fingerprint density at radius 2 is 1.80 bits per heavy atom. The normalized spacial score (nSPS) is 7.20. The molecule has 1 aromatic rings. The second-order valence-electron chi connectivity index (χ2n) is 1.76. The first-order valence-electron chi connectivity index (χ1n) is 2.84. The molecule has 1 heteroatoms. The van der Waals surface area contributed by atoms with E-state index in [-0.39, 0.29) is 29.6 Å². The van der Waals surface area contributed by atoms with Gasteiger partial charge in [-0.3, -0.25) is 0 Å². The van der Waals surface area contributed by atoms with Gasteiger partial charge in [-0.05, 0) is 11.6 Å². The summed E-state index contributed by atoms with van der Waals surface area (Å²) in [6.45, 7) is 3.48. The topological polar surface area (TPSA) is 0 Å². The average Bonchev–Trinajstić information content (AvgIpc) is 1.91. The zero-order valence-electron chi connectivity index (χ0n) is 5.17. The summed E-state index contributed by atoms with van der Waals surface area (Å²) >= 11 is 0. The van der Waals surface area contributed by atoms with Crippen LogP contribution >= 0.6 is 0 Å². The number of benzene rings is 1. The van der Waals surface area contributed by atoms with Crippen molar-refractivity contribution in [2.45, 2.75) is 0 Å². The predicted molar refractivity (Wildman–Crippen MR) is 47.2 cm³/mol. The van der Waals surface area contributed by atoms with Crippen LogP contribution in [-0.4, -0.2) is 29.6 Å². The molecule has 0 aliphatic carbocycles. The quantitative estimate of drug-likeness (QED) is 0.412. The summed E-state index contributed by atoms with van der Waals surface area (Å²) in [5.74, 6) is 0. The maximum atomic E-state index is 3.48. The van der Waals surface area contributed by atoms with Crippen LogP contribution in [0, 0.1) is 0 Å². The Kier molecular flexibility index (Phi) is 5.38. The number of hydrogen-bond acceptors (Lipinski definition) is 0. The van der Waals surface area contributed by atoms with E-state index < -0.39 is 0 Å². The molecule has 10 heavy (non-hydrogen) atoms. The van der Waals surface area contributed by atoms with Crippen molar-refractivity contribution in [3.8, 4) is 0 Å². The van der Waals surface area contributed by atoms with Crippen LogP contribution in [0.5, 0.6) is 0 Å². The molecular weight excluding hydrogens is 131 g/mol. The van der Waals surface area contributed by atoms with Crippen molar-refractivity contribution in [2.75, 3.05) is 0 Å². The SMILES string of the molecule is C=C=Cc1ccccc1.[NaH]. The molecule has 1 rings (SSSR count). The van der Waals surface area contributed by atoms with Crippen molar-refractivity contribution >= 4 is 35.6 Å². The molecule has 0 aromatic heterocycles. The van der Waals surface area contributed by atoms with Crippen molar-refractivity contribution in [1.29, 1.82) is 0 Å². The van der Waals surface area contributed by atoms with Gasteiger partial charge in [-0.1, -0.05) is 36.9 Å². The molecule has 1 aromatic carbocycles. The van der Waals surface area contributed by atoms with Gasteiger partial charge in [0.05, 0.1) is 0 Å². The standard InChI is InChI=1S/C9H8.Na.H/c1-2-6-9-7-4-3-5-8-9;;/h3-8H,1H2;;. The molecule has 0 bridgehead atoms. The fraction of sp³-hybridized carbons (Fsp3) is 0. The van der Waals surface area contributed by atoms with Crippen LogP contribution in [-0.2, 0) is 0 Å². The van der Waals surface area contributed by atoms with Crippen molar-refractivity contribution in [1.82, 2.24) is 0 Å². The zero-order valence-corrected chi connectivity index (χ0v) is 5.17. The van der Waals surface area contributed by atoms with E-state index in [1.807, 2.05) is 36.4 Å². The van der Waals surface area contributed by atoms with E-state index in [9.17, 15) is 0 Å². The fourth-order valence-electron chi connectivity index (χ4n) is 0.667. The predicted octanol–water partition coefficient (Wildman–Crippen LogP) is 1.84. The molecule has 0 spiro atoms. The van der Waals surface area contributed by atoms with Crippen LogP contribution in [0.15, 0.2) is 42.6 Å². The average molecular weight is 140 g/mol. The Hall–Kier alpha value is -0.260. The van der Waals surface area contributed by atoms with Crippen LogP contribution in [0.3, 0.4) is 0 Å². The molecule has 46 valence electrons. The van der Waals surface area contributed by atoms with Crippen LogP contribution in [0.2, 0.25) is 0 Å². The second kappa shape index (κ2) is 5.52. The Balaban J connectivity index is 0.000000810. The molecule has 0 aliphatic heterocycles. The fourth-order valence-corrected chi connectivity index (χ4v) is 0.667. The molecule has 0 saturated carbocycles. The summed E-state index contributed by atoms with van der Waals surface area (Å²) in [5, 5.41) is 0. The van der Waals surface area contributed by atoms with E-state index in [0.29, 0.717) is 0 Å². The van der Waals surface area contributed by atoms with Gasteiger partial charge in [0.25, 0.3) is 0 Å². The van der Waals surface area contributed by atoms with E-state index >= 15 is 0 Å². The minimum absolute atomic E-state index is 0.